The van der Waals surface area contributed by atoms with Crippen LogP contribution in [0.5, 0.6) is 5.75 Å². The summed E-state index contributed by atoms with van der Waals surface area (Å²) in [5.41, 5.74) is 1.65. The summed E-state index contributed by atoms with van der Waals surface area (Å²) in [4.78, 5) is 14.1. The lowest BCUT2D eigenvalue weighted by Crippen LogP contribution is -2.34. The van der Waals surface area contributed by atoms with Gasteiger partial charge >= 0.3 is 0 Å². The molecule has 0 saturated carbocycles. The highest BCUT2D eigenvalue weighted by molar-refractivity contribution is 8.25. The summed E-state index contributed by atoms with van der Waals surface area (Å²) in [5, 5.41) is 2.79. The molecule has 112 valence electrons. The number of amides is 1. The van der Waals surface area contributed by atoms with Gasteiger partial charge in [0.25, 0.3) is 5.91 Å². The number of para-hydroxylation sites is 1. The summed E-state index contributed by atoms with van der Waals surface area (Å²) < 4.78 is 5.68. The Balaban J connectivity index is 1.76. The Morgan fingerprint density at radius 3 is 2.45 bits per heavy atom. The molecule has 1 fully saturated rings. The third kappa shape index (κ3) is 2.93. The minimum absolute atomic E-state index is 0.0583. The average Bonchev–Trinajstić information content (AvgIpc) is 2.83. The van der Waals surface area contributed by atoms with E-state index in [1.807, 2.05) is 54.6 Å². The van der Waals surface area contributed by atoms with E-state index in [9.17, 15) is 4.79 Å². The van der Waals surface area contributed by atoms with E-state index >= 15 is 0 Å². The molecule has 6 heteroatoms. The summed E-state index contributed by atoms with van der Waals surface area (Å²) in [6, 6.07) is 16.9. The monoisotopic (exact) mass is 330 g/mol. The maximum absolute atomic E-state index is 12.6. The van der Waals surface area contributed by atoms with E-state index in [-0.39, 0.29) is 5.91 Å². The van der Waals surface area contributed by atoms with Gasteiger partial charge in [0.2, 0.25) is 0 Å². The highest BCUT2D eigenvalue weighted by Gasteiger charge is 2.37. The summed E-state index contributed by atoms with van der Waals surface area (Å²) in [7, 11) is 1.62. The first-order valence-electron chi connectivity index (χ1n) is 6.69. The van der Waals surface area contributed by atoms with Crippen LogP contribution in [0.4, 0.5) is 11.4 Å². The number of anilines is 2. The summed E-state index contributed by atoms with van der Waals surface area (Å²) in [5.74, 6) is 0.717. The van der Waals surface area contributed by atoms with E-state index in [1.54, 1.807) is 12.0 Å². The van der Waals surface area contributed by atoms with Gasteiger partial charge in [0.1, 0.15) is 10.1 Å². The number of hydrogen-bond acceptors (Lipinski definition) is 5. The molecular weight excluding hydrogens is 316 g/mol. The van der Waals surface area contributed by atoms with Gasteiger partial charge in [0.15, 0.2) is 5.37 Å². The van der Waals surface area contributed by atoms with Crippen molar-refractivity contribution in [2.75, 3.05) is 17.3 Å². The molecule has 1 aliphatic rings. The molecule has 0 bridgehead atoms. The lowest BCUT2D eigenvalue weighted by atomic mass is 10.3. The Labute approximate surface area is 138 Å². The van der Waals surface area contributed by atoms with Gasteiger partial charge in [-0.3, -0.25) is 9.69 Å². The molecule has 2 aromatic carbocycles. The predicted molar refractivity (Wildman–Crippen MR) is 94.5 cm³/mol. The van der Waals surface area contributed by atoms with Crippen LogP contribution in [0.15, 0.2) is 54.6 Å². The zero-order chi connectivity index (χ0) is 15.5. The Hall–Kier alpha value is -2.05. The minimum Gasteiger partial charge on any atom is -0.497 e. The largest absolute Gasteiger partial charge is 0.497 e. The Morgan fingerprint density at radius 1 is 1.14 bits per heavy atom. The Bertz CT molecular complexity index is 689. The fourth-order valence-electron chi connectivity index (χ4n) is 2.15. The third-order valence-electron chi connectivity index (χ3n) is 3.25. The standard InChI is InChI=1S/C16H14N2O2S2/c1-20-13-9-7-11(8-10-13)17-14-15(19)18(16(21)22-14)12-5-3-2-4-6-12/h2-10,14,17H,1H3/t14-/m0/s1. The molecule has 3 rings (SSSR count). The molecule has 1 atom stereocenters. The van der Waals surface area contributed by atoms with Crippen molar-refractivity contribution in [3.8, 4) is 5.75 Å². The SMILES string of the molecule is COc1ccc(N[C@H]2SC(=S)N(c3ccccc3)C2=O)cc1. The molecule has 0 aromatic heterocycles. The van der Waals surface area contributed by atoms with Crippen LogP contribution in [0.1, 0.15) is 0 Å². The first-order valence-corrected chi connectivity index (χ1v) is 7.98. The number of rotatable bonds is 4. The number of benzene rings is 2. The number of ether oxygens (including phenoxy) is 1. The molecule has 1 heterocycles. The van der Waals surface area contributed by atoms with Crippen LogP contribution in [-0.2, 0) is 4.79 Å². The van der Waals surface area contributed by atoms with Crippen molar-refractivity contribution in [1.29, 1.82) is 0 Å². The molecule has 4 nitrogen and oxygen atoms in total. The molecule has 0 spiro atoms. The normalized spacial score (nSPS) is 17.7. The van der Waals surface area contributed by atoms with Crippen LogP contribution in [0, 0.1) is 0 Å². The van der Waals surface area contributed by atoms with Crippen molar-refractivity contribution in [1.82, 2.24) is 0 Å². The predicted octanol–water partition coefficient (Wildman–Crippen LogP) is 3.50. The van der Waals surface area contributed by atoms with Gasteiger partial charge < -0.3 is 10.1 Å². The molecule has 22 heavy (non-hydrogen) atoms. The number of thiocarbonyl (C=S) groups is 1. The number of carbonyl (C=O) groups is 1. The zero-order valence-corrected chi connectivity index (χ0v) is 13.5. The van der Waals surface area contributed by atoms with E-state index in [1.165, 1.54) is 11.8 Å². The van der Waals surface area contributed by atoms with Crippen LogP contribution in [0.25, 0.3) is 0 Å². The van der Waals surface area contributed by atoms with Gasteiger partial charge in [0, 0.05) is 5.69 Å². The lowest BCUT2D eigenvalue weighted by Gasteiger charge is -2.16. The van der Waals surface area contributed by atoms with Gasteiger partial charge in [-0.2, -0.15) is 0 Å². The Kier molecular flexibility index (Phi) is 4.31. The van der Waals surface area contributed by atoms with E-state index in [0.717, 1.165) is 17.1 Å². The van der Waals surface area contributed by atoms with Crippen LogP contribution in [0.3, 0.4) is 0 Å². The smallest absolute Gasteiger partial charge is 0.266 e. The number of carbonyl (C=O) groups excluding carboxylic acids is 1. The highest BCUT2D eigenvalue weighted by Crippen LogP contribution is 2.32. The topological polar surface area (TPSA) is 41.6 Å². The summed E-state index contributed by atoms with van der Waals surface area (Å²) in [6.45, 7) is 0. The van der Waals surface area contributed by atoms with E-state index < -0.39 is 5.37 Å². The van der Waals surface area contributed by atoms with Gasteiger partial charge in [0.05, 0.1) is 12.8 Å². The summed E-state index contributed by atoms with van der Waals surface area (Å²) in [6.07, 6.45) is 0. The molecule has 1 saturated heterocycles. The minimum atomic E-state index is -0.416. The number of nitrogens with one attached hydrogen (secondary N) is 1. The number of methoxy groups -OCH3 is 1. The first kappa shape index (κ1) is 14.9. The average molecular weight is 330 g/mol. The van der Waals surface area contributed by atoms with Crippen LogP contribution >= 0.6 is 24.0 Å². The van der Waals surface area contributed by atoms with Crippen molar-refractivity contribution in [2.24, 2.45) is 0 Å². The molecular formula is C16H14N2O2S2. The van der Waals surface area contributed by atoms with E-state index in [4.69, 9.17) is 17.0 Å². The van der Waals surface area contributed by atoms with Gasteiger partial charge in [-0.25, -0.2) is 0 Å². The third-order valence-corrected chi connectivity index (χ3v) is 4.66. The second kappa shape index (κ2) is 6.37. The zero-order valence-electron chi connectivity index (χ0n) is 11.9. The van der Waals surface area contributed by atoms with Crippen LogP contribution < -0.4 is 15.0 Å². The van der Waals surface area contributed by atoms with E-state index in [0.29, 0.717) is 4.32 Å². The van der Waals surface area contributed by atoms with Crippen molar-refractivity contribution in [2.45, 2.75) is 5.37 Å². The van der Waals surface area contributed by atoms with Gasteiger partial charge in [-0.15, -0.1) is 0 Å². The molecule has 2 aromatic rings. The first-order chi connectivity index (χ1) is 10.7. The maximum atomic E-state index is 12.6. The number of hydrogen-bond donors (Lipinski definition) is 1. The lowest BCUT2D eigenvalue weighted by molar-refractivity contribution is -0.116. The molecule has 0 unspecified atom stereocenters. The molecule has 1 aliphatic heterocycles. The van der Waals surface area contributed by atoms with Crippen molar-refractivity contribution < 1.29 is 9.53 Å². The fraction of sp³-hybridized carbons (Fsp3) is 0.125. The molecule has 1 amide bonds. The maximum Gasteiger partial charge on any atom is 0.266 e. The quantitative estimate of drug-likeness (QED) is 0.869. The van der Waals surface area contributed by atoms with Crippen LogP contribution in [0.2, 0.25) is 0 Å². The van der Waals surface area contributed by atoms with Crippen molar-refractivity contribution in [3.05, 3.63) is 54.6 Å². The Morgan fingerprint density at radius 2 is 1.82 bits per heavy atom. The molecule has 0 aliphatic carbocycles. The van der Waals surface area contributed by atoms with Crippen molar-refractivity contribution >= 4 is 45.6 Å². The van der Waals surface area contributed by atoms with Gasteiger partial charge in [-0.05, 0) is 36.4 Å². The van der Waals surface area contributed by atoms with Gasteiger partial charge in [-0.1, -0.05) is 42.2 Å². The fourth-order valence-corrected chi connectivity index (χ4v) is 3.54. The second-order valence-corrected chi connectivity index (χ2v) is 6.38. The van der Waals surface area contributed by atoms with Crippen molar-refractivity contribution in [3.63, 3.8) is 0 Å². The second-order valence-electron chi connectivity index (χ2n) is 4.65. The summed E-state index contributed by atoms with van der Waals surface area (Å²) >= 11 is 6.69. The molecule has 1 N–H and O–H groups in total. The molecule has 0 radical (unpaired) electrons. The van der Waals surface area contributed by atoms with Crippen LogP contribution in [-0.4, -0.2) is 22.7 Å². The number of thioether (sulfide) groups is 1. The highest BCUT2D eigenvalue weighted by atomic mass is 32.2. The van der Waals surface area contributed by atoms with E-state index in [2.05, 4.69) is 5.32 Å². The number of nitrogens with zero attached hydrogens (tertiary/aromatic N) is 1.